The van der Waals surface area contributed by atoms with Crippen LogP contribution < -0.4 is 0 Å². The van der Waals surface area contributed by atoms with E-state index in [9.17, 15) is 10.2 Å². The highest BCUT2D eigenvalue weighted by Crippen LogP contribution is 2.51. The molecule has 124 valence electrons. The van der Waals surface area contributed by atoms with Gasteiger partial charge in [-0.15, -0.1) is 0 Å². The molecule has 0 aromatic heterocycles. The van der Waals surface area contributed by atoms with E-state index >= 15 is 0 Å². The van der Waals surface area contributed by atoms with Crippen LogP contribution in [0.5, 0.6) is 0 Å². The summed E-state index contributed by atoms with van der Waals surface area (Å²) in [6, 6.07) is 0. The third kappa shape index (κ3) is 3.32. The summed E-state index contributed by atoms with van der Waals surface area (Å²) in [5, 5.41) is 22.0. The molecular weight excluding hydrogens is 260 g/mol. The van der Waals surface area contributed by atoms with Crippen molar-refractivity contribution < 1.29 is 10.2 Å². The Balaban J connectivity index is 2.06. The van der Waals surface area contributed by atoms with Crippen LogP contribution in [-0.2, 0) is 0 Å². The van der Waals surface area contributed by atoms with E-state index < -0.39 is 11.2 Å². The van der Waals surface area contributed by atoms with Crippen LogP contribution in [0.3, 0.4) is 0 Å². The van der Waals surface area contributed by atoms with Gasteiger partial charge in [0.15, 0.2) is 0 Å². The van der Waals surface area contributed by atoms with Crippen molar-refractivity contribution in [2.45, 2.75) is 104 Å². The lowest BCUT2D eigenvalue weighted by Crippen LogP contribution is -2.49. The van der Waals surface area contributed by atoms with Crippen LogP contribution >= 0.6 is 0 Å². The van der Waals surface area contributed by atoms with E-state index in [4.69, 9.17) is 0 Å². The molecule has 21 heavy (non-hydrogen) atoms. The Hall–Kier alpha value is -0.0800. The topological polar surface area (TPSA) is 40.5 Å². The quantitative estimate of drug-likeness (QED) is 0.794. The zero-order valence-electron chi connectivity index (χ0n) is 14.8. The van der Waals surface area contributed by atoms with Crippen LogP contribution in [0.2, 0.25) is 0 Å². The molecule has 2 unspecified atom stereocenters. The summed E-state index contributed by atoms with van der Waals surface area (Å²) in [4.78, 5) is 0. The van der Waals surface area contributed by atoms with Crippen LogP contribution in [0.15, 0.2) is 0 Å². The smallest absolute Gasteiger partial charge is 0.0698 e. The van der Waals surface area contributed by atoms with Gasteiger partial charge in [0.05, 0.1) is 11.2 Å². The first-order valence-corrected chi connectivity index (χ1v) is 8.94. The first kappa shape index (κ1) is 17.3. The van der Waals surface area contributed by atoms with Crippen LogP contribution in [0.1, 0.15) is 92.4 Å². The molecule has 2 atom stereocenters. The van der Waals surface area contributed by atoms with Gasteiger partial charge in [0.1, 0.15) is 0 Å². The van der Waals surface area contributed by atoms with E-state index in [1.807, 2.05) is 0 Å². The van der Waals surface area contributed by atoms with Gasteiger partial charge in [-0.1, -0.05) is 60.3 Å². The van der Waals surface area contributed by atoms with Gasteiger partial charge in [-0.2, -0.15) is 0 Å². The van der Waals surface area contributed by atoms with Crippen molar-refractivity contribution >= 4 is 0 Å². The van der Waals surface area contributed by atoms with Gasteiger partial charge in [0, 0.05) is 0 Å². The monoisotopic (exact) mass is 296 g/mol. The number of aliphatic hydroxyl groups is 2. The van der Waals surface area contributed by atoms with Gasteiger partial charge >= 0.3 is 0 Å². The molecular formula is C19H36O2. The molecule has 0 bridgehead atoms. The van der Waals surface area contributed by atoms with E-state index in [2.05, 4.69) is 34.6 Å². The van der Waals surface area contributed by atoms with Gasteiger partial charge in [-0.05, 0) is 48.9 Å². The molecule has 2 N–H and O–H groups in total. The standard InChI is InChI=1S/C19H36O2/c1-16(2,3)19(21)12-8-9-15(14-19)13-17(4,5)18(20)10-6-7-11-18/h15,20-21H,6-14H2,1-5H3. The molecule has 2 fully saturated rings. The van der Waals surface area contributed by atoms with Gasteiger partial charge < -0.3 is 10.2 Å². The van der Waals surface area contributed by atoms with Gasteiger partial charge in [0.2, 0.25) is 0 Å². The second kappa shape index (κ2) is 5.53. The molecule has 0 heterocycles. The van der Waals surface area contributed by atoms with Crippen molar-refractivity contribution in [2.75, 3.05) is 0 Å². The zero-order valence-corrected chi connectivity index (χ0v) is 14.8. The van der Waals surface area contributed by atoms with Crippen LogP contribution in [0.25, 0.3) is 0 Å². The van der Waals surface area contributed by atoms with Crippen molar-refractivity contribution in [3.05, 3.63) is 0 Å². The summed E-state index contributed by atoms with van der Waals surface area (Å²) < 4.78 is 0. The third-order valence-electron chi connectivity index (χ3n) is 6.71. The van der Waals surface area contributed by atoms with E-state index in [1.165, 1.54) is 6.42 Å². The van der Waals surface area contributed by atoms with Crippen LogP contribution in [-0.4, -0.2) is 21.4 Å². The summed E-state index contributed by atoms with van der Waals surface area (Å²) in [7, 11) is 0. The fourth-order valence-corrected chi connectivity index (χ4v) is 4.77. The normalized spacial score (nSPS) is 34.1. The maximum Gasteiger partial charge on any atom is 0.0698 e. The van der Waals surface area contributed by atoms with Crippen molar-refractivity contribution in [3.8, 4) is 0 Å². The Bertz CT molecular complexity index is 360. The Morgan fingerprint density at radius 2 is 1.38 bits per heavy atom. The molecule has 0 aromatic rings. The molecule has 2 aliphatic rings. The Morgan fingerprint density at radius 3 is 1.90 bits per heavy atom. The molecule has 0 aliphatic heterocycles. The highest BCUT2D eigenvalue weighted by molar-refractivity contribution is 5.01. The molecule has 2 rings (SSSR count). The minimum Gasteiger partial charge on any atom is -0.389 e. The largest absolute Gasteiger partial charge is 0.389 e. The fourth-order valence-electron chi connectivity index (χ4n) is 4.77. The highest BCUT2D eigenvalue weighted by atomic mass is 16.3. The Kier molecular flexibility index (Phi) is 4.55. The van der Waals surface area contributed by atoms with E-state index in [0.29, 0.717) is 5.92 Å². The first-order chi connectivity index (χ1) is 9.49. The van der Waals surface area contributed by atoms with Gasteiger partial charge in [-0.25, -0.2) is 0 Å². The second-order valence-corrected chi connectivity index (χ2v) is 9.57. The Morgan fingerprint density at radius 1 is 0.857 bits per heavy atom. The zero-order chi connectivity index (χ0) is 15.9. The SMILES string of the molecule is CC(C)(C)C1(O)CCCC(CC(C)(C)C2(O)CCCC2)C1. The van der Waals surface area contributed by atoms with Crippen molar-refractivity contribution in [1.82, 2.24) is 0 Å². The minimum absolute atomic E-state index is 0.0374. The van der Waals surface area contributed by atoms with Crippen molar-refractivity contribution in [2.24, 2.45) is 16.7 Å². The maximum absolute atomic E-state index is 11.0. The summed E-state index contributed by atoms with van der Waals surface area (Å²) in [5.41, 5.74) is -1.11. The van der Waals surface area contributed by atoms with Gasteiger partial charge in [-0.3, -0.25) is 0 Å². The predicted octanol–water partition coefficient (Wildman–Crippen LogP) is 4.68. The third-order valence-corrected chi connectivity index (χ3v) is 6.71. The molecule has 0 amide bonds. The lowest BCUT2D eigenvalue weighted by atomic mass is 9.61. The first-order valence-electron chi connectivity index (χ1n) is 8.94. The van der Waals surface area contributed by atoms with Crippen LogP contribution in [0, 0.1) is 16.7 Å². The molecule has 2 nitrogen and oxygen atoms in total. The number of rotatable bonds is 3. The molecule has 0 aromatic carbocycles. The molecule has 2 heteroatoms. The molecule has 0 saturated heterocycles. The van der Waals surface area contributed by atoms with Gasteiger partial charge in [0.25, 0.3) is 0 Å². The summed E-state index contributed by atoms with van der Waals surface area (Å²) >= 11 is 0. The summed E-state index contributed by atoms with van der Waals surface area (Å²) in [6.45, 7) is 11.0. The Labute approximate surface area is 131 Å². The van der Waals surface area contributed by atoms with E-state index in [-0.39, 0.29) is 10.8 Å². The average Bonchev–Trinajstić information content (AvgIpc) is 2.76. The maximum atomic E-state index is 11.0. The summed E-state index contributed by atoms with van der Waals surface area (Å²) in [5.74, 6) is 0.544. The molecule has 0 spiro atoms. The highest BCUT2D eigenvalue weighted by Gasteiger charge is 2.49. The lowest BCUT2D eigenvalue weighted by Gasteiger charge is -2.49. The van der Waals surface area contributed by atoms with Crippen LogP contribution in [0.4, 0.5) is 0 Å². The van der Waals surface area contributed by atoms with Crippen molar-refractivity contribution in [1.29, 1.82) is 0 Å². The molecule has 2 aliphatic carbocycles. The van der Waals surface area contributed by atoms with Crippen molar-refractivity contribution in [3.63, 3.8) is 0 Å². The fraction of sp³-hybridized carbons (Fsp3) is 1.00. The number of hydrogen-bond donors (Lipinski definition) is 2. The second-order valence-electron chi connectivity index (χ2n) is 9.57. The van der Waals surface area contributed by atoms with E-state index in [1.54, 1.807) is 0 Å². The number of hydrogen-bond acceptors (Lipinski definition) is 2. The molecule has 0 radical (unpaired) electrons. The predicted molar refractivity (Wildman–Crippen MR) is 88.2 cm³/mol. The van der Waals surface area contributed by atoms with E-state index in [0.717, 1.165) is 51.4 Å². The lowest BCUT2D eigenvalue weighted by molar-refractivity contribution is -0.117. The molecule has 2 saturated carbocycles. The average molecular weight is 296 g/mol. The summed E-state index contributed by atoms with van der Waals surface area (Å²) in [6.07, 6.45) is 9.43. The minimum atomic E-state index is -0.537.